The molecule has 0 bridgehead atoms. The minimum absolute atomic E-state index is 0.0455. The second-order valence-electron chi connectivity index (χ2n) is 3.59. The van der Waals surface area contributed by atoms with Gasteiger partial charge < -0.3 is 5.73 Å². The monoisotopic (exact) mass is 286 g/mol. The summed E-state index contributed by atoms with van der Waals surface area (Å²) in [4.78, 5) is 10.3. The number of benzene rings is 1. The molecule has 0 saturated heterocycles. The van der Waals surface area contributed by atoms with Crippen LogP contribution in [-0.2, 0) is 0 Å². The number of hydrogen-bond acceptors (Lipinski definition) is 4. The molecule has 0 aliphatic carbocycles. The van der Waals surface area contributed by atoms with Gasteiger partial charge in [-0.2, -0.15) is 5.10 Å². The highest BCUT2D eigenvalue weighted by molar-refractivity contribution is 6.42. The molecule has 1 aromatic heterocycles. The third-order valence-electron chi connectivity index (χ3n) is 2.39. The predicted octanol–water partition coefficient (Wildman–Crippen LogP) is 2.98. The van der Waals surface area contributed by atoms with Gasteiger partial charge in [-0.3, -0.25) is 10.1 Å². The molecule has 0 aliphatic rings. The molecule has 0 aliphatic heterocycles. The van der Waals surface area contributed by atoms with E-state index in [2.05, 4.69) is 5.10 Å². The van der Waals surface area contributed by atoms with Gasteiger partial charge in [0.05, 0.1) is 20.7 Å². The Balaban J connectivity index is 2.61. The van der Waals surface area contributed by atoms with E-state index in [1.165, 1.54) is 17.7 Å². The summed E-state index contributed by atoms with van der Waals surface area (Å²) >= 11 is 11.7. The van der Waals surface area contributed by atoms with Crippen LogP contribution in [0, 0.1) is 17.0 Å². The molecule has 0 unspecified atom stereocenters. The zero-order chi connectivity index (χ0) is 13.4. The number of nitro groups is 1. The number of aromatic nitrogens is 2. The molecule has 0 amide bonds. The number of nitrogen functional groups attached to an aromatic ring is 1. The lowest BCUT2D eigenvalue weighted by Crippen LogP contribution is -2.03. The molecule has 8 heteroatoms. The summed E-state index contributed by atoms with van der Waals surface area (Å²) < 4.78 is 1.26. The maximum absolute atomic E-state index is 10.8. The Morgan fingerprint density at radius 3 is 2.56 bits per heavy atom. The van der Waals surface area contributed by atoms with Crippen molar-refractivity contribution in [2.24, 2.45) is 0 Å². The Morgan fingerprint density at radius 2 is 2.06 bits per heavy atom. The SMILES string of the molecule is Cc1nn(-c2ccc(Cl)c(Cl)c2)c(N)c1[N+](=O)[O-]. The van der Waals surface area contributed by atoms with Crippen LogP contribution in [0.5, 0.6) is 0 Å². The molecule has 2 aromatic rings. The summed E-state index contributed by atoms with van der Waals surface area (Å²) in [7, 11) is 0. The largest absolute Gasteiger partial charge is 0.378 e. The van der Waals surface area contributed by atoms with Crippen molar-refractivity contribution >= 4 is 34.7 Å². The first-order valence-corrected chi connectivity index (χ1v) is 5.62. The Bertz CT molecular complexity index is 639. The van der Waals surface area contributed by atoms with E-state index < -0.39 is 4.92 Å². The molecule has 1 heterocycles. The smallest absolute Gasteiger partial charge is 0.333 e. The fraction of sp³-hybridized carbons (Fsp3) is 0.100. The molecule has 94 valence electrons. The lowest BCUT2D eigenvalue weighted by Gasteiger charge is -2.04. The normalized spacial score (nSPS) is 10.6. The van der Waals surface area contributed by atoms with Crippen molar-refractivity contribution in [2.45, 2.75) is 6.92 Å². The quantitative estimate of drug-likeness (QED) is 0.679. The maximum Gasteiger partial charge on any atom is 0.333 e. The molecule has 2 N–H and O–H groups in total. The van der Waals surface area contributed by atoms with Crippen molar-refractivity contribution in [1.29, 1.82) is 0 Å². The standard InChI is InChI=1S/C10H8Cl2N4O2/c1-5-9(16(17)18)10(13)15(14-5)6-2-3-7(11)8(12)4-6/h2-4H,13H2,1H3. The van der Waals surface area contributed by atoms with Gasteiger partial charge in [0.15, 0.2) is 0 Å². The highest BCUT2D eigenvalue weighted by Crippen LogP contribution is 2.30. The molecule has 0 radical (unpaired) electrons. The molecule has 1 aromatic carbocycles. The number of hydrogen-bond donors (Lipinski definition) is 1. The Kier molecular flexibility index (Phi) is 3.14. The average Bonchev–Trinajstić information content (AvgIpc) is 2.58. The lowest BCUT2D eigenvalue weighted by atomic mass is 10.3. The first kappa shape index (κ1) is 12.7. The maximum atomic E-state index is 10.8. The van der Waals surface area contributed by atoms with Gasteiger partial charge in [0, 0.05) is 0 Å². The van der Waals surface area contributed by atoms with Gasteiger partial charge in [-0.25, -0.2) is 4.68 Å². The molecule has 0 spiro atoms. The molecule has 18 heavy (non-hydrogen) atoms. The molecule has 0 atom stereocenters. The predicted molar refractivity (Wildman–Crippen MR) is 69.4 cm³/mol. The third-order valence-corrected chi connectivity index (χ3v) is 3.13. The van der Waals surface area contributed by atoms with E-state index in [9.17, 15) is 10.1 Å². The van der Waals surface area contributed by atoms with Crippen LogP contribution in [0.15, 0.2) is 18.2 Å². The Morgan fingerprint density at radius 1 is 1.39 bits per heavy atom. The van der Waals surface area contributed by atoms with E-state index in [1.54, 1.807) is 12.1 Å². The summed E-state index contributed by atoms with van der Waals surface area (Å²) in [6.07, 6.45) is 0. The Hall–Kier alpha value is -1.79. The fourth-order valence-electron chi connectivity index (χ4n) is 1.58. The van der Waals surface area contributed by atoms with Gasteiger partial charge in [-0.05, 0) is 25.1 Å². The van der Waals surface area contributed by atoms with Crippen molar-refractivity contribution in [3.05, 3.63) is 44.1 Å². The molecular weight excluding hydrogens is 279 g/mol. The topological polar surface area (TPSA) is 87.0 Å². The van der Waals surface area contributed by atoms with Crippen molar-refractivity contribution in [1.82, 2.24) is 9.78 Å². The van der Waals surface area contributed by atoms with Gasteiger partial charge in [0.1, 0.15) is 5.69 Å². The van der Waals surface area contributed by atoms with Crippen LogP contribution in [0.2, 0.25) is 10.0 Å². The zero-order valence-corrected chi connectivity index (χ0v) is 10.7. The number of nitrogens with zero attached hydrogens (tertiary/aromatic N) is 3. The molecular formula is C10H8Cl2N4O2. The second kappa shape index (κ2) is 4.47. The van der Waals surface area contributed by atoms with E-state index in [0.29, 0.717) is 15.7 Å². The molecule has 2 rings (SSSR count). The van der Waals surface area contributed by atoms with E-state index in [4.69, 9.17) is 28.9 Å². The van der Waals surface area contributed by atoms with Crippen LogP contribution in [0.25, 0.3) is 5.69 Å². The third kappa shape index (κ3) is 2.00. The van der Waals surface area contributed by atoms with Crippen LogP contribution in [0.1, 0.15) is 5.69 Å². The molecule has 0 saturated carbocycles. The first-order chi connectivity index (χ1) is 8.41. The van der Waals surface area contributed by atoms with E-state index in [1.807, 2.05) is 0 Å². The van der Waals surface area contributed by atoms with Crippen molar-refractivity contribution in [3.8, 4) is 5.69 Å². The van der Waals surface area contributed by atoms with E-state index in [0.717, 1.165) is 0 Å². The number of aryl methyl sites for hydroxylation is 1. The van der Waals surface area contributed by atoms with Gasteiger partial charge in [0.2, 0.25) is 5.82 Å². The van der Waals surface area contributed by atoms with E-state index >= 15 is 0 Å². The van der Waals surface area contributed by atoms with Crippen molar-refractivity contribution < 1.29 is 4.92 Å². The fourth-order valence-corrected chi connectivity index (χ4v) is 1.87. The zero-order valence-electron chi connectivity index (χ0n) is 9.22. The summed E-state index contributed by atoms with van der Waals surface area (Å²) in [5.41, 5.74) is 6.25. The van der Waals surface area contributed by atoms with Gasteiger partial charge >= 0.3 is 5.69 Å². The highest BCUT2D eigenvalue weighted by atomic mass is 35.5. The molecule has 0 fully saturated rings. The van der Waals surface area contributed by atoms with Crippen LogP contribution >= 0.6 is 23.2 Å². The number of anilines is 1. The van der Waals surface area contributed by atoms with Crippen molar-refractivity contribution in [2.75, 3.05) is 5.73 Å². The summed E-state index contributed by atoms with van der Waals surface area (Å²) in [5, 5.41) is 15.6. The lowest BCUT2D eigenvalue weighted by molar-refractivity contribution is -0.384. The van der Waals surface area contributed by atoms with E-state index in [-0.39, 0.29) is 17.2 Å². The van der Waals surface area contributed by atoms with Gasteiger partial charge in [0.25, 0.3) is 0 Å². The Labute approximate surface area is 112 Å². The minimum Gasteiger partial charge on any atom is -0.378 e. The highest BCUT2D eigenvalue weighted by Gasteiger charge is 2.23. The van der Waals surface area contributed by atoms with Gasteiger partial charge in [-0.15, -0.1) is 0 Å². The van der Waals surface area contributed by atoms with Crippen LogP contribution in [0.3, 0.4) is 0 Å². The number of rotatable bonds is 2. The summed E-state index contributed by atoms with van der Waals surface area (Å²) in [6, 6.07) is 4.73. The first-order valence-electron chi connectivity index (χ1n) is 4.86. The molecule has 6 nitrogen and oxygen atoms in total. The minimum atomic E-state index is -0.564. The van der Waals surface area contributed by atoms with Crippen LogP contribution in [-0.4, -0.2) is 14.7 Å². The average molecular weight is 287 g/mol. The van der Waals surface area contributed by atoms with Crippen LogP contribution in [0.4, 0.5) is 11.5 Å². The summed E-state index contributed by atoms with van der Waals surface area (Å²) in [6.45, 7) is 1.52. The van der Waals surface area contributed by atoms with Crippen molar-refractivity contribution in [3.63, 3.8) is 0 Å². The summed E-state index contributed by atoms with van der Waals surface area (Å²) in [5.74, 6) is -0.0455. The van der Waals surface area contributed by atoms with Crippen LogP contribution < -0.4 is 5.73 Å². The van der Waals surface area contributed by atoms with Gasteiger partial charge in [-0.1, -0.05) is 23.2 Å². The number of halogens is 2. The number of nitrogens with two attached hydrogens (primary N) is 1. The second-order valence-corrected chi connectivity index (χ2v) is 4.40.